The maximum atomic E-state index is 12.6. The van der Waals surface area contributed by atoms with Crippen LogP contribution in [0.25, 0.3) is 10.9 Å². The van der Waals surface area contributed by atoms with E-state index >= 15 is 0 Å². The summed E-state index contributed by atoms with van der Waals surface area (Å²) in [6.07, 6.45) is 13.0. The molecule has 2 atom stereocenters. The molecule has 1 aromatic carbocycles. The molecule has 28 heavy (non-hydrogen) atoms. The molecule has 0 saturated carbocycles. The maximum Gasteiger partial charge on any atom is 0.230 e. The number of carbonyl (C=O) groups excluding carboxylic acids is 1. The zero-order valence-electron chi connectivity index (χ0n) is 15.1. The summed E-state index contributed by atoms with van der Waals surface area (Å²) in [5.41, 5.74) is 3.14. The van der Waals surface area contributed by atoms with Crippen molar-refractivity contribution in [3.05, 3.63) is 71.1 Å². The number of aromatic amines is 1. The van der Waals surface area contributed by atoms with Crippen molar-refractivity contribution < 1.29 is 4.79 Å². The predicted molar refractivity (Wildman–Crippen MR) is 116 cm³/mol. The Hall–Kier alpha value is -2.44. The van der Waals surface area contributed by atoms with Gasteiger partial charge in [-0.15, -0.1) is 0 Å². The number of hydrogen-bond acceptors (Lipinski definition) is 4. The molecule has 5 rings (SSSR count). The molecule has 0 radical (unpaired) electrons. The molecule has 1 amide bonds. The normalized spacial score (nSPS) is 23.1. The summed E-state index contributed by atoms with van der Waals surface area (Å²) in [4.78, 5) is 22.8. The van der Waals surface area contributed by atoms with Gasteiger partial charge in [0.2, 0.25) is 5.91 Å². The average molecular weight is 411 g/mol. The SMILES string of the molecule is O=C(Cc1c[nH]c2ccc(Cl)cc12)NC1=NC2C=CC(N3CC=CC3)=CC2S1. The Labute approximate surface area is 172 Å². The highest BCUT2D eigenvalue weighted by atomic mass is 35.5. The van der Waals surface area contributed by atoms with Gasteiger partial charge in [0.15, 0.2) is 5.17 Å². The summed E-state index contributed by atoms with van der Waals surface area (Å²) < 4.78 is 0. The molecular weight excluding hydrogens is 392 g/mol. The van der Waals surface area contributed by atoms with Crippen molar-refractivity contribution in [1.29, 1.82) is 0 Å². The number of aromatic nitrogens is 1. The third-order valence-corrected chi connectivity index (χ3v) is 6.51. The molecule has 3 aliphatic rings. The number of hydrogen-bond donors (Lipinski definition) is 2. The summed E-state index contributed by atoms with van der Waals surface area (Å²) in [7, 11) is 0. The molecule has 5 nitrogen and oxygen atoms in total. The highest BCUT2D eigenvalue weighted by molar-refractivity contribution is 8.14. The van der Waals surface area contributed by atoms with E-state index in [-0.39, 0.29) is 23.6 Å². The minimum Gasteiger partial charge on any atom is -0.364 e. The van der Waals surface area contributed by atoms with Gasteiger partial charge >= 0.3 is 0 Å². The van der Waals surface area contributed by atoms with E-state index < -0.39 is 0 Å². The first-order valence-electron chi connectivity index (χ1n) is 9.25. The Morgan fingerprint density at radius 2 is 2.21 bits per heavy atom. The molecule has 1 aliphatic carbocycles. The van der Waals surface area contributed by atoms with E-state index in [4.69, 9.17) is 11.6 Å². The van der Waals surface area contributed by atoms with Crippen LogP contribution >= 0.6 is 23.4 Å². The largest absolute Gasteiger partial charge is 0.364 e. The molecule has 2 N–H and O–H groups in total. The van der Waals surface area contributed by atoms with Crippen molar-refractivity contribution in [3.8, 4) is 0 Å². The van der Waals surface area contributed by atoms with Crippen molar-refractivity contribution in [1.82, 2.24) is 15.2 Å². The first kappa shape index (κ1) is 17.6. The molecule has 0 spiro atoms. The Kier molecular flexibility index (Phi) is 4.53. The van der Waals surface area contributed by atoms with Crippen molar-refractivity contribution in [2.24, 2.45) is 4.99 Å². The van der Waals surface area contributed by atoms with Crippen LogP contribution in [0, 0.1) is 0 Å². The molecule has 142 valence electrons. The van der Waals surface area contributed by atoms with Gasteiger partial charge in [-0.3, -0.25) is 9.79 Å². The zero-order valence-corrected chi connectivity index (χ0v) is 16.6. The van der Waals surface area contributed by atoms with E-state index in [1.807, 2.05) is 24.4 Å². The Morgan fingerprint density at radius 3 is 3.07 bits per heavy atom. The minimum atomic E-state index is -0.0669. The number of allylic oxidation sites excluding steroid dienone is 1. The zero-order chi connectivity index (χ0) is 19.1. The number of fused-ring (bicyclic) bond motifs is 2. The first-order chi connectivity index (χ1) is 13.7. The number of amides is 1. The van der Waals surface area contributed by atoms with Gasteiger partial charge in [-0.1, -0.05) is 41.6 Å². The number of H-pyrrole nitrogens is 1. The highest BCUT2D eigenvalue weighted by Gasteiger charge is 2.31. The predicted octanol–water partition coefficient (Wildman–Crippen LogP) is 3.65. The van der Waals surface area contributed by atoms with Crippen LogP contribution in [-0.4, -0.2) is 45.3 Å². The van der Waals surface area contributed by atoms with Crippen LogP contribution in [0.1, 0.15) is 5.56 Å². The second-order valence-corrected chi connectivity index (χ2v) is 8.67. The average Bonchev–Trinajstić information content (AvgIpc) is 3.41. The monoisotopic (exact) mass is 410 g/mol. The van der Waals surface area contributed by atoms with Crippen LogP contribution in [0.15, 0.2) is 65.5 Å². The van der Waals surface area contributed by atoms with Gasteiger partial charge in [-0.2, -0.15) is 0 Å². The van der Waals surface area contributed by atoms with E-state index in [0.717, 1.165) is 29.6 Å². The van der Waals surface area contributed by atoms with Crippen LogP contribution in [0.5, 0.6) is 0 Å². The summed E-state index contributed by atoms with van der Waals surface area (Å²) in [6, 6.07) is 5.74. The standard InChI is InChI=1S/C21H19ClN4OS/c22-14-3-5-17-16(10-14)13(12-23-17)9-20(27)25-21-24-18-6-4-15(11-19(18)28-21)26-7-1-2-8-26/h1-6,10-12,18-19,23H,7-9H2,(H,24,25,27). The maximum absolute atomic E-state index is 12.6. The lowest BCUT2D eigenvalue weighted by molar-refractivity contribution is -0.118. The highest BCUT2D eigenvalue weighted by Crippen LogP contribution is 2.33. The lowest BCUT2D eigenvalue weighted by Crippen LogP contribution is -2.29. The van der Waals surface area contributed by atoms with Gasteiger partial charge < -0.3 is 15.2 Å². The quantitative estimate of drug-likeness (QED) is 0.759. The Bertz CT molecular complexity index is 1060. The number of aliphatic imine (C=N–C) groups is 1. The fraction of sp³-hybridized carbons (Fsp3) is 0.238. The summed E-state index contributed by atoms with van der Waals surface area (Å²) in [5, 5.41) is 5.55. The third-order valence-electron chi connectivity index (χ3n) is 5.16. The van der Waals surface area contributed by atoms with Crippen molar-refractivity contribution >= 4 is 45.3 Å². The number of carbonyl (C=O) groups is 1. The number of amidine groups is 1. The molecule has 0 saturated heterocycles. The van der Waals surface area contributed by atoms with Gasteiger partial charge in [0.25, 0.3) is 0 Å². The second kappa shape index (κ2) is 7.18. The topological polar surface area (TPSA) is 60.5 Å². The third kappa shape index (κ3) is 3.38. The van der Waals surface area contributed by atoms with Crippen LogP contribution in [0.2, 0.25) is 5.02 Å². The van der Waals surface area contributed by atoms with E-state index in [1.165, 1.54) is 5.70 Å². The Balaban J connectivity index is 1.24. The van der Waals surface area contributed by atoms with Crippen molar-refractivity contribution in [2.75, 3.05) is 13.1 Å². The number of nitrogens with one attached hydrogen (secondary N) is 2. The molecule has 1 aromatic heterocycles. The van der Waals surface area contributed by atoms with Gasteiger partial charge in [-0.25, -0.2) is 0 Å². The molecule has 0 fully saturated rings. The van der Waals surface area contributed by atoms with E-state index in [1.54, 1.807) is 11.8 Å². The van der Waals surface area contributed by atoms with Crippen LogP contribution in [0.4, 0.5) is 0 Å². The van der Waals surface area contributed by atoms with Gasteiger partial charge in [0.05, 0.1) is 17.7 Å². The first-order valence-corrected chi connectivity index (χ1v) is 10.5. The molecular formula is C21H19ClN4OS. The van der Waals surface area contributed by atoms with Gasteiger partial charge in [0.1, 0.15) is 0 Å². The molecule has 3 heterocycles. The smallest absolute Gasteiger partial charge is 0.230 e. The van der Waals surface area contributed by atoms with Crippen LogP contribution in [0.3, 0.4) is 0 Å². The van der Waals surface area contributed by atoms with E-state index in [9.17, 15) is 4.79 Å². The number of rotatable bonds is 3. The molecule has 2 aliphatic heterocycles. The molecule has 7 heteroatoms. The van der Waals surface area contributed by atoms with Crippen LogP contribution < -0.4 is 5.32 Å². The number of halogens is 1. The molecule has 2 aromatic rings. The summed E-state index contributed by atoms with van der Waals surface area (Å²) in [6.45, 7) is 1.91. The van der Waals surface area contributed by atoms with Gasteiger partial charge in [0, 0.05) is 40.9 Å². The number of nitrogens with zero attached hydrogens (tertiary/aromatic N) is 2. The lowest BCUT2D eigenvalue weighted by Gasteiger charge is -2.24. The fourth-order valence-electron chi connectivity index (χ4n) is 3.74. The Morgan fingerprint density at radius 1 is 1.36 bits per heavy atom. The number of benzene rings is 1. The number of thioether (sulfide) groups is 1. The second-order valence-electron chi connectivity index (χ2n) is 7.06. The van der Waals surface area contributed by atoms with Gasteiger partial charge in [-0.05, 0) is 35.9 Å². The minimum absolute atomic E-state index is 0.0669. The van der Waals surface area contributed by atoms with Crippen molar-refractivity contribution in [2.45, 2.75) is 17.7 Å². The summed E-state index contributed by atoms with van der Waals surface area (Å²) >= 11 is 7.71. The summed E-state index contributed by atoms with van der Waals surface area (Å²) in [5.74, 6) is -0.0669. The van der Waals surface area contributed by atoms with E-state index in [2.05, 4.69) is 50.6 Å². The van der Waals surface area contributed by atoms with Crippen molar-refractivity contribution in [3.63, 3.8) is 0 Å². The van der Waals surface area contributed by atoms with E-state index in [0.29, 0.717) is 10.2 Å². The lowest BCUT2D eigenvalue weighted by atomic mass is 10.1. The molecule has 2 unspecified atom stereocenters. The molecule has 0 bridgehead atoms. The fourth-order valence-corrected chi connectivity index (χ4v) is 5.02. The van der Waals surface area contributed by atoms with Crippen LogP contribution in [-0.2, 0) is 11.2 Å².